The van der Waals surface area contributed by atoms with Gasteiger partial charge in [0.05, 0.1) is 26.1 Å². The van der Waals surface area contributed by atoms with E-state index in [9.17, 15) is 4.79 Å². The first kappa shape index (κ1) is 13.8. The van der Waals surface area contributed by atoms with Crippen LogP contribution in [0.25, 0.3) is 11.0 Å². The molecule has 3 rings (SSSR count). The van der Waals surface area contributed by atoms with Crippen LogP contribution in [0.5, 0.6) is 11.5 Å². The highest BCUT2D eigenvalue weighted by Crippen LogP contribution is 2.37. The van der Waals surface area contributed by atoms with Gasteiger partial charge in [0, 0.05) is 24.5 Å². The zero-order chi connectivity index (χ0) is 15.5. The van der Waals surface area contributed by atoms with E-state index in [-0.39, 0.29) is 5.76 Å². The Morgan fingerprint density at radius 2 is 1.91 bits per heavy atom. The number of anilines is 1. The predicted molar refractivity (Wildman–Crippen MR) is 77.1 cm³/mol. The molecule has 0 unspecified atom stereocenters. The Morgan fingerprint density at radius 1 is 1.14 bits per heavy atom. The number of hydrogen-bond acceptors (Lipinski definition) is 7. The summed E-state index contributed by atoms with van der Waals surface area (Å²) in [4.78, 5) is 20.6. The summed E-state index contributed by atoms with van der Waals surface area (Å²) in [6, 6.07) is 3.07. The molecule has 1 aromatic carbocycles. The molecule has 0 saturated carbocycles. The summed E-state index contributed by atoms with van der Waals surface area (Å²) < 4.78 is 15.5. The van der Waals surface area contributed by atoms with E-state index in [1.165, 1.54) is 32.7 Å². The van der Waals surface area contributed by atoms with Crippen molar-refractivity contribution in [1.29, 1.82) is 0 Å². The molecule has 0 radical (unpaired) electrons. The molecule has 0 aliphatic rings. The van der Waals surface area contributed by atoms with Crippen molar-refractivity contribution in [1.82, 2.24) is 15.1 Å². The van der Waals surface area contributed by atoms with Gasteiger partial charge in [0.15, 0.2) is 5.75 Å². The Labute approximate surface area is 125 Å². The standard InChI is InChI=1S/C14H12N4O4/c1-20-10-7-8(18-14(19)9-3-4-17-22-9)13(21-2)12-11(10)15-5-6-16-12/h3-7H,1-2H3,(H,18,19). The number of rotatable bonds is 4. The topological polar surface area (TPSA) is 99.4 Å². The average Bonchev–Trinajstić information content (AvgIpc) is 3.08. The van der Waals surface area contributed by atoms with Gasteiger partial charge in [-0.25, -0.2) is 9.97 Å². The summed E-state index contributed by atoms with van der Waals surface area (Å²) in [6.45, 7) is 0. The van der Waals surface area contributed by atoms with E-state index in [1.54, 1.807) is 12.3 Å². The fourth-order valence-electron chi connectivity index (χ4n) is 2.05. The molecule has 2 aromatic heterocycles. The Kier molecular flexibility index (Phi) is 3.57. The van der Waals surface area contributed by atoms with Crippen LogP contribution in [0, 0.1) is 0 Å². The van der Waals surface area contributed by atoms with E-state index in [2.05, 4.69) is 20.4 Å². The molecular formula is C14H12N4O4. The van der Waals surface area contributed by atoms with Crippen LogP contribution >= 0.6 is 0 Å². The van der Waals surface area contributed by atoms with Crippen LogP contribution < -0.4 is 14.8 Å². The van der Waals surface area contributed by atoms with Crippen molar-refractivity contribution in [2.24, 2.45) is 0 Å². The quantitative estimate of drug-likeness (QED) is 0.785. The van der Waals surface area contributed by atoms with Crippen molar-refractivity contribution in [3.8, 4) is 11.5 Å². The van der Waals surface area contributed by atoms with E-state index >= 15 is 0 Å². The minimum atomic E-state index is -0.457. The van der Waals surface area contributed by atoms with Gasteiger partial charge in [-0.15, -0.1) is 0 Å². The number of hydrogen-bond donors (Lipinski definition) is 1. The second-order valence-corrected chi connectivity index (χ2v) is 4.24. The summed E-state index contributed by atoms with van der Waals surface area (Å²) in [5, 5.41) is 6.18. The highest BCUT2D eigenvalue weighted by atomic mass is 16.5. The van der Waals surface area contributed by atoms with Crippen molar-refractivity contribution < 1.29 is 18.8 Å². The van der Waals surface area contributed by atoms with Crippen molar-refractivity contribution in [3.63, 3.8) is 0 Å². The number of carbonyl (C=O) groups excluding carboxylic acids is 1. The van der Waals surface area contributed by atoms with Gasteiger partial charge in [0.1, 0.15) is 16.8 Å². The SMILES string of the molecule is COc1cc(NC(=O)c2ccno2)c(OC)c2nccnc12. The van der Waals surface area contributed by atoms with Crippen LogP contribution in [-0.2, 0) is 0 Å². The molecule has 8 heteroatoms. The van der Waals surface area contributed by atoms with E-state index < -0.39 is 5.91 Å². The number of fused-ring (bicyclic) bond motifs is 1. The summed E-state index contributed by atoms with van der Waals surface area (Å²) >= 11 is 0. The third-order valence-corrected chi connectivity index (χ3v) is 3.00. The summed E-state index contributed by atoms with van der Waals surface area (Å²) in [7, 11) is 3.00. The van der Waals surface area contributed by atoms with Crippen LogP contribution in [0.1, 0.15) is 10.6 Å². The van der Waals surface area contributed by atoms with Gasteiger partial charge >= 0.3 is 0 Å². The molecule has 0 aliphatic heterocycles. The van der Waals surface area contributed by atoms with Crippen molar-refractivity contribution >= 4 is 22.6 Å². The highest BCUT2D eigenvalue weighted by Gasteiger charge is 2.19. The molecule has 1 amide bonds. The number of nitrogens with zero attached hydrogens (tertiary/aromatic N) is 3. The molecule has 8 nitrogen and oxygen atoms in total. The van der Waals surface area contributed by atoms with Gasteiger partial charge in [-0.3, -0.25) is 4.79 Å². The Hall–Kier alpha value is -3.16. The number of amides is 1. The van der Waals surface area contributed by atoms with Crippen LogP contribution in [-0.4, -0.2) is 35.3 Å². The van der Waals surface area contributed by atoms with E-state index in [0.717, 1.165) is 0 Å². The lowest BCUT2D eigenvalue weighted by molar-refractivity contribution is 0.0987. The first-order chi connectivity index (χ1) is 10.7. The normalized spacial score (nSPS) is 10.5. The second kappa shape index (κ2) is 5.68. The number of aromatic nitrogens is 3. The minimum absolute atomic E-state index is 0.0836. The molecule has 22 heavy (non-hydrogen) atoms. The molecular weight excluding hydrogens is 288 g/mol. The first-order valence-corrected chi connectivity index (χ1v) is 6.32. The monoisotopic (exact) mass is 300 g/mol. The molecule has 0 saturated heterocycles. The highest BCUT2D eigenvalue weighted by molar-refractivity contribution is 6.05. The zero-order valence-electron chi connectivity index (χ0n) is 11.9. The lowest BCUT2D eigenvalue weighted by atomic mass is 10.2. The van der Waals surface area contributed by atoms with Gasteiger partial charge in [0.2, 0.25) is 5.76 Å². The zero-order valence-corrected chi connectivity index (χ0v) is 11.9. The fraction of sp³-hybridized carbons (Fsp3) is 0.143. The van der Waals surface area contributed by atoms with Gasteiger partial charge in [0.25, 0.3) is 5.91 Å². The molecule has 1 N–H and O–H groups in total. The number of nitrogens with one attached hydrogen (secondary N) is 1. The average molecular weight is 300 g/mol. The van der Waals surface area contributed by atoms with Gasteiger partial charge in [-0.1, -0.05) is 5.16 Å². The summed E-state index contributed by atoms with van der Waals surface area (Å²) in [5.74, 6) is 0.481. The fourth-order valence-corrected chi connectivity index (χ4v) is 2.05. The Morgan fingerprint density at radius 3 is 2.55 bits per heavy atom. The maximum Gasteiger partial charge on any atom is 0.294 e. The summed E-state index contributed by atoms with van der Waals surface area (Å²) in [5.41, 5.74) is 1.42. The molecule has 0 fully saturated rings. The largest absolute Gasteiger partial charge is 0.494 e. The van der Waals surface area contributed by atoms with Gasteiger partial charge in [-0.05, 0) is 0 Å². The smallest absolute Gasteiger partial charge is 0.294 e. The molecule has 112 valence electrons. The van der Waals surface area contributed by atoms with E-state index in [4.69, 9.17) is 14.0 Å². The van der Waals surface area contributed by atoms with Crippen LogP contribution in [0.15, 0.2) is 35.2 Å². The van der Waals surface area contributed by atoms with Crippen LogP contribution in [0.3, 0.4) is 0 Å². The molecule has 2 heterocycles. The maximum atomic E-state index is 12.1. The van der Waals surface area contributed by atoms with Crippen LogP contribution in [0.2, 0.25) is 0 Å². The molecule has 0 bridgehead atoms. The second-order valence-electron chi connectivity index (χ2n) is 4.24. The maximum absolute atomic E-state index is 12.1. The van der Waals surface area contributed by atoms with E-state index in [0.29, 0.717) is 28.2 Å². The molecule has 3 aromatic rings. The van der Waals surface area contributed by atoms with Crippen molar-refractivity contribution in [2.45, 2.75) is 0 Å². The lowest BCUT2D eigenvalue weighted by Gasteiger charge is -2.13. The third kappa shape index (κ3) is 2.30. The Bertz CT molecular complexity index is 817. The van der Waals surface area contributed by atoms with Gasteiger partial charge < -0.3 is 19.3 Å². The molecule has 0 atom stereocenters. The lowest BCUT2D eigenvalue weighted by Crippen LogP contribution is -2.12. The van der Waals surface area contributed by atoms with Gasteiger partial charge in [-0.2, -0.15) is 0 Å². The molecule has 0 aliphatic carbocycles. The van der Waals surface area contributed by atoms with E-state index in [1.807, 2.05) is 0 Å². The molecule has 0 spiro atoms. The van der Waals surface area contributed by atoms with Crippen LogP contribution in [0.4, 0.5) is 5.69 Å². The van der Waals surface area contributed by atoms with Crippen molar-refractivity contribution in [3.05, 3.63) is 36.5 Å². The predicted octanol–water partition coefficient (Wildman–Crippen LogP) is 1.89. The third-order valence-electron chi connectivity index (χ3n) is 3.00. The summed E-state index contributed by atoms with van der Waals surface area (Å²) in [6.07, 6.45) is 4.47. The minimum Gasteiger partial charge on any atom is -0.494 e. The van der Waals surface area contributed by atoms with Crippen molar-refractivity contribution in [2.75, 3.05) is 19.5 Å². The number of ether oxygens (including phenoxy) is 2. The number of carbonyl (C=O) groups is 1. The first-order valence-electron chi connectivity index (χ1n) is 6.32. The number of methoxy groups -OCH3 is 2. The number of benzene rings is 1. The Balaban J connectivity index is 2.10.